The normalized spacial score (nSPS) is 16.5. The molecule has 0 aliphatic heterocycles. The zero-order chi connectivity index (χ0) is 14.4. The highest BCUT2D eigenvalue weighted by Gasteiger charge is 2.14. The molecule has 4 heteroatoms. The molecule has 1 aliphatic carbocycles. The maximum atomic E-state index is 12.0. The summed E-state index contributed by atoms with van der Waals surface area (Å²) in [7, 11) is 0. The Balaban J connectivity index is 1.77. The molecule has 1 fully saturated rings. The highest BCUT2D eigenvalue weighted by Crippen LogP contribution is 2.20. The molecular formula is C16H23BrN2O. The number of aryl methyl sites for hydroxylation is 1. The fraction of sp³-hybridized carbons (Fsp3) is 0.562. The molecule has 2 N–H and O–H groups in total. The third-order valence-electron chi connectivity index (χ3n) is 3.83. The molecule has 2 rings (SSSR count). The number of nitrogens with one attached hydrogen (secondary N) is 2. The van der Waals surface area contributed by atoms with Crippen LogP contribution in [0.3, 0.4) is 0 Å². The summed E-state index contributed by atoms with van der Waals surface area (Å²) in [6.07, 6.45) is 7.35. The number of hydrogen-bond acceptors (Lipinski definition) is 2. The molecule has 1 amide bonds. The molecule has 0 aromatic heterocycles. The van der Waals surface area contributed by atoms with Crippen LogP contribution < -0.4 is 10.6 Å². The van der Waals surface area contributed by atoms with E-state index in [1.165, 1.54) is 31.2 Å². The summed E-state index contributed by atoms with van der Waals surface area (Å²) >= 11 is 3.48. The maximum Gasteiger partial charge on any atom is 0.239 e. The lowest BCUT2D eigenvalue weighted by atomic mass is 10.1. The average Bonchev–Trinajstić information content (AvgIpc) is 2.69. The molecule has 110 valence electrons. The first kappa shape index (κ1) is 15.4. The fourth-order valence-corrected chi connectivity index (χ4v) is 2.89. The summed E-state index contributed by atoms with van der Waals surface area (Å²) in [4.78, 5) is 12.0. The predicted octanol–water partition coefficient (Wildman–Crippen LogP) is 4.01. The van der Waals surface area contributed by atoms with Crippen molar-refractivity contribution >= 4 is 27.5 Å². The van der Waals surface area contributed by atoms with Gasteiger partial charge in [0.1, 0.15) is 0 Å². The van der Waals surface area contributed by atoms with Crippen LogP contribution in [0.5, 0.6) is 0 Å². The van der Waals surface area contributed by atoms with Gasteiger partial charge < -0.3 is 10.6 Å². The van der Waals surface area contributed by atoms with Gasteiger partial charge >= 0.3 is 0 Å². The van der Waals surface area contributed by atoms with Crippen molar-refractivity contribution < 1.29 is 4.79 Å². The molecular weight excluding hydrogens is 316 g/mol. The third kappa shape index (κ3) is 4.82. The standard InChI is InChI=1S/C16H23BrN2O/c1-12-10-14(8-9-15(12)17)18-11-16(20)19-13-6-4-2-3-5-7-13/h8-10,13,18H,2-7,11H2,1H3,(H,19,20). The first-order valence-corrected chi connectivity index (χ1v) is 8.24. The number of carbonyl (C=O) groups is 1. The second-order valence-corrected chi connectivity index (χ2v) is 6.43. The molecule has 1 aliphatic rings. The van der Waals surface area contributed by atoms with Gasteiger partial charge in [0.15, 0.2) is 0 Å². The Bertz CT molecular complexity index is 454. The molecule has 1 aromatic rings. The summed E-state index contributed by atoms with van der Waals surface area (Å²) in [5, 5.41) is 6.33. The topological polar surface area (TPSA) is 41.1 Å². The largest absolute Gasteiger partial charge is 0.376 e. The van der Waals surface area contributed by atoms with Gasteiger partial charge in [0.05, 0.1) is 6.54 Å². The summed E-state index contributed by atoms with van der Waals surface area (Å²) in [5.74, 6) is 0.0949. The van der Waals surface area contributed by atoms with Crippen LogP contribution in [-0.4, -0.2) is 18.5 Å². The number of anilines is 1. The number of hydrogen-bond donors (Lipinski definition) is 2. The van der Waals surface area contributed by atoms with E-state index in [4.69, 9.17) is 0 Å². The molecule has 1 aromatic carbocycles. The Labute approximate surface area is 129 Å². The van der Waals surface area contributed by atoms with Gasteiger partial charge in [-0.2, -0.15) is 0 Å². The minimum Gasteiger partial charge on any atom is -0.376 e. The number of carbonyl (C=O) groups excluding carboxylic acids is 1. The van der Waals surface area contributed by atoms with Crippen LogP contribution in [-0.2, 0) is 4.79 Å². The van der Waals surface area contributed by atoms with Crippen molar-refractivity contribution in [2.24, 2.45) is 0 Å². The van der Waals surface area contributed by atoms with Crippen LogP contribution in [0.1, 0.15) is 44.1 Å². The van der Waals surface area contributed by atoms with Gasteiger partial charge in [0, 0.05) is 16.2 Å². The van der Waals surface area contributed by atoms with Gasteiger partial charge in [-0.15, -0.1) is 0 Å². The number of rotatable bonds is 4. The van der Waals surface area contributed by atoms with Crippen LogP contribution in [0.4, 0.5) is 5.69 Å². The molecule has 20 heavy (non-hydrogen) atoms. The van der Waals surface area contributed by atoms with Gasteiger partial charge in [0.25, 0.3) is 0 Å². The van der Waals surface area contributed by atoms with Crippen molar-refractivity contribution in [2.75, 3.05) is 11.9 Å². The van der Waals surface area contributed by atoms with E-state index in [2.05, 4.69) is 26.6 Å². The minimum atomic E-state index is 0.0949. The minimum absolute atomic E-state index is 0.0949. The SMILES string of the molecule is Cc1cc(NCC(=O)NC2CCCCCC2)ccc1Br. The van der Waals surface area contributed by atoms with Crippen LogP contribution in [0.15, 0.2) is 22.7 Å². The number of amides is 1. The molecule has 0 bridgehead atoms. The Morgan fingerprint density at radius 3 is 2.60 bits per heavy atom. The maximum absolute atomic E-state index is 12.0. The van der Waals surface area contributed by atoms with Gasteiger partial charge in [-0.3, -0.25) is 4.79 Å². The fourth-order valence-electron chi connectivity index (χ4n) is 2.64. The van der Waals surface area contributed by atoms with E-state index in [0.29, 0.717) is 12.6 Å². The lowest BCUT2D eigenvalue weighted by molar-refractivity contribution is -0.120. The van der Waals surface area contributed by atoms with Gasteiger partial charge in [-0.25, -0.2) is 0 Å². The molecule has 0 heterocycles. The van der Waals surface area contributed by atoms with E-state index < -0.39 is 0 Å². The Morgan fingerprint density at radius 2 is 1.95 bits per heavy atom. The first-order chi connectivity index (χ1) is 9.65. The lowest BCUT2D eigenvalue weighted by Crippen LogP contribution is -2.38. The lowest BCUT2D eigenvalue weighted by Gasteiger charge is -2.16. The van der Waals surface area contributed by atoms with Crippen molar-refractivity contribution in [3.63, 3.8) is 0 Å². The van der Waals surface area contributed by atoms with E-state index in [-0.39, 0.29) is 5.91 Å². The predicted molar refractivity (Wildman–Crippen MR) is 87.0 cm³/mol. The van der Waals surface area contributed by atoms with E-state index in [1.54, 1.807) is 0 Å². The molecule has 0 radical (unpaired) electrons. The molecule has 0 saturated heterocycles. The summed E-state index contributed by atoms with van der Waals surface area (Å²) in [5.41, 5.74) is 2.15. The monoisotopic (exact) mass is 338 g/mol. The van der Waals surface area contributed by atoms with Gasteiger partial charge in [-0.1, -0.05) is 41.6 Å². The molecule has 1 saturated carbocycles. The van der Waals surface area contributed by atoms with Crippen LogP contribution in [0, 0.1) is 6.92 Å². The molecule has 0 unspecified atom stereocenters. The number of benzene rings is 1. The third-order valence-corrected chi connectivity index (χ3v) is 4.72. The van der Waals surface area contributed by atoms with Crippen molar-refractivity contribution in [1.29, 1.82) is 0 Å². The van der Waals surface area contributed by atoms with Crippen LogP contribution in [0.2, 0.25) is 0 Å². The summed E-state index contributed by atoms with van der Waals surface area (Å²) in [6.45, 7) is 2.39. The second-order valence-electron chi connectivity index (χ2n) is 5.57. The van der Waals surface area contributed by atoms with Crippen molar-refractivity contribution in [1.82, 2.24) is 5.32 Å². The van der Waals surface area contributed by atoms with Gasteiger partial charge in [0.2, 0.25) is 5.91 Å². The van der Waals surface area contributed by atoms with Gasteiger partial charge in [-0.05, 0) is 43.5 Å². The molecule has 3 nitrogen and oxygen atoms in total. The van der Waals surface area contributed by atoms with E-state index in [1.807, 2.05) is 25.1 Å². The molecule has 0 spiro atoms. The zero-order valence-corrected chi connectivity index (χ0v) is 13.6. The Hall–Kier alpha value is -1.03. The summed E-state index contributed by atoms with van der Waals surface area (Å²) in [6, 6.07) is 6.40. The highest BCUT2D eigenvalue weighted by molar-refractivity contribution is 9.10. The smallest absolute Gasteiger partial charge is 0.239 e. The quantitative estimate of drug-likeness (QED) is 0.814. The van der Waals surface area contributed by atoms with E-state index in [9.17, 15) is 4.79 Å². The van der Waals surface area contributed by atoms with Crippen molar-refractivity contribution in [3.05, 3.63) is 28.2 Å². The summed E-state index contributed by atoms with van der Waals surface area (Å²) < 4.78 is 1.09. The van der Waals surface area contributed by atoms with E-state index in [0.717, 1.165) is 23.0 Å². The average molecular weight is 339 g/mol. The zero-order valence-electron chi connectivity index (χ0n) is 12.0. The van der Waals surface area contributed by atoms with E-state index >= 15 is 0 Å². The van der Waals surface area contributed by atoms with Crippen molar-refractivity contribution in [2.45, 2.75) is 51.5 Å². The van der Waals surface area contributed by atoms with Crippen LogP contribution in [0.25, 0.3) is 0 Å². The van der Waals surface area contributed by atoms with Crippen LogP contribution >= 0.6 is 15.9 Å². The second kappa shape index (κ2) is 7.67. The molecule has 0 atom stereocenters. The Morgan fingerprint density at radius 1 is 1.25 bits per heavy atom. The first-order valence-electron chi connectivity index (χ1n) is 7.44. The van der Waals surface area contributed by atoms with Crippen molar-refractivity contribution in [3.8, 4) is 0 Å². The highest BCUT2D eigenvalue weighted by atomic mass is 79.9. The Kier molecular flexibility index (Phi) is 5.89. The number of halogens is 1.